The van der Waals surface area contributed by atoms with Gasteiger partial charge in [0.15, 0.2) is 0 Å². The number of thiophene rings is 1. The predicted octanol–water partition coefficient (Wildman–Crippen LogP) is 5.06. The summed E-state index contributed by atoms with van der Waals surface area (Å²) in [5.41, 5.74) is 1.30. The monoisotopic (exact) mass is 322 g/mol. The van der Waals surface area contributed by atoms with Crippen molar-refractivity contribution in [2.45, 2.75) is 43.6 Å². The molecule has 4 heteroatoms. The summed E-state index contributed by atoms with van der Waals surface area (Å²) in [6.45, 7) is 2.13. The maximum atomic E-state index is 6.51. The second-order valence-corrected chi connectivity index (χ2v) is 7.64. The molecule has 0 saturated heterocycles. The fourth-order valence-corrected chi connectivity index (χ4v) is 4.61. The first-order chi connectivity index (χ1) is 7.56. The number of hydrogen-bond acceptors (Lipinski definition) is 2. The molecule has 1 nitrogen and oxygen atoms in total. The van der Waals surface area contributed by atoms with Crippen LogP contribution in [0, 0.1) is 6.92 Å². The van der Waals surface area contributed by atoms with Crippen molar-refractivity contribution in [2.24, 2.45) is 0 Å². The maximum Gasteiger partial charge on any atom is 0.0704 e. The maximum absolute atomic E-state index is 6.51. The van der Waals surface area contributed by atoms with Crippen molar-refractivity contribution in [1.29, 1.82) is 0 Å². The van der Waals surface area contributed by atoms with E-state index in [1.165, 1.54) is 16.9 Å². The van der Waals surface area contributed by atoms with E-state index < -0.39 is 0 Å². The molecule has 1 unspecified atom stereocenters. The van der Waals surface area contributed by atoms with Gasteiger partial charge in [-0.3, -0.25) is 0 Å². The summed E-state index contributed by atoms with van der Waals surface area (Å²) < 4.78 is 6.78. The van der Waals surface area contributed by atoms with Gasteiger partial charge >= 0.3 is 0 Å². The van der Waals surface area contributed by atoms with Crippen LogP contribution in [0.4, 0.5) is 0 Å². The summed E-state index contributed by atoms with van der Waals surface area (Å²) >= 11 is 11.8. The number of hydrogen-bond donors (Lipinski definition) is 0. The summed E-state index contributed by atoms with van der Waals surface area (Å²) in [6.07, 6.45) is 4.49. The second-order valence-electron chi connectivity index (χ2n) is 4.47. The zero-order valence-electron chi connectivity index (χ0n) is 9.56. The average Bonchev–Trinajstić information content (AvgIpc) is 2.51. The molecule has 0 spiro atoms. The standard InChI is InChI=1S/C12H16BrClOS/c1-8-9(6-11(13)16-8)10(14)7-12(15-2)4-3-5-12/h6,10H,3-5,7H2,1-2H3. The third-order valence-corrected chi connectivity index (χ3v) is 5.47. The lowest BCUT2D eigenvalue weighted by Gasteiger charge is -2.41. The van der Waals surface area contributed by atoms with Gasteiger partial charge < -0.3 is 4.74 Å². The Morgan fingerprint density at radius 3 is 2.69 bits per heavy atom. The summed E-state index contributed by atoms with van der Waals surface area (Å²) in [5, 5.41) is 0.0720. The van der Waals surface area contributed by atoms with Crippen LogP contribution in [0.25, 0.3) is 0 Å². The Bertz CT molecular complexity index is 368. The first kappa shape index (κ1) is 12.9. The molecular formula is C12H16BrClOS. The molecule has 1 aromatic rings. The molecular weight excluding hydrogens is 308 g/mol. The van der Waals surface area contributed by atoms with Crippen LogP contribution in [-0.2, 0) is 4.74 Å². The lowest BCUT2D eigenvalue weighted by atomic mass is 9.76. The van der Waals surface area contributed by atoms with Crippen LogP contribution in [0.2, 0.25) is 0 Å². The molecule has 0 N–H and O–H groups in total. The molecule has 1 aromatic heterocycles. The van der Waals surface area contributed by atoms with Crippen LogP contribution < -0.4 is 0 Å². The van der Waals surface area contributed by atoms with Crippen LogP contribution in [0.1, 0.15) is 41.5 Å². The number of ether oxygens (including phenoxy) is 1. The highest BCUT2D eigenvalue weighted by molar-refractivity contribution is 9.11. The van der Waals surface area contributed by atoms with Crippen molar-refractivity contribution < 1.29 is 4.74 Å². The SMILES string of the molecule is COC1(CC(Cl)c2cc(Br)sc2C)CCC1. The Kier molecular flexibility index (Phi) is 4.00. The van der Waals surface area contributed by atoms with Gasteiger partial charge in [-0.15, -0.1) is 22.9 Å². The van der Waals surface area contributed by atoms with E-state index in [0.29, 0.717) is 0 Å². The Morgan fingerprint density at radius 1 is 1.62 bits per heavy atom. The van der Waals surface area contributed by atoms with E-state index in [4.69, 9.17) is 16.3 Å². The highest BCUT2D eigenvalue weighted by Gasteiger charge is 2.39. The molecule has 0 radical (unpaired) electrons. The third kappa shape index (κ3) is 2.47. The smallest absolute Gasteiger partial charge is 0.0704 e. The van der Waals surface area contributed by atoms with Crippen molar-refractivity contribution in [3.63, 3.8) is 0 Å². The van der Waals surface area contributed by atoms with E-state index in [9.17, 15) is 0 Å². The minimum Gasteiger partial charge on any atom is -0.378 e. The van der Waals surface area contributed by atoms with Gasteiger partial charge in [-0.2, -0.15) is 0 Å². The van der Waals surface area contributed by atoms with Gasteiger partial charge in [0.1, 0.15) is 0 Å². The van der Waals surface area contributed by atoms with E-state index in [1.807, 2.05) is 0 Å². The second kappa shape index (κ2) is 4.97. The van der Waals surface area contributed by atoms with E-state index >= 15 is 0 Å². The summed E-state index contributed by atoms with van der Waals surface area (Å²) in [7, 11) is 1.80. The minimum atomic E-state index is 0.0489. The molecule has 0 aliphatic heterocycles. The van der Waals surface area contributed by atoms with Gasteiger partial charge in [-0.1, -0.05) is 0 Å². The van der Waals surface area contributed by atoms with Crippen LogP contribution in [0.15, 0.2) is 9.85 Å². The topological polar surface area (TPSA) is 9.23 Å². The van der Waals surface area contributed by atoms with E-state index in [2.05, 4.69) is 28.9 Å². The highest BCUT2D eigenvalue weighted by atomic mass is 79.9. The van der Waals surface area contributed by atoms with Gasteiger partial charge in [0.05, 0.1) is 14.8 Å². The molecule has 16 heavy (non-hydrogen) atoms. The van der Waals surface area contributed by atoms with Crippen LogP contribution >= 0.6 is 38.9 Å². The number of aryl methyl sites for hydroxylation is 1. The lowest BCUT2D eigenvalue weighted by Crippen LogP contribution is -2.39. The first-order valence-electron chi connectivity index (χ1n) is 5.51. The van der Waals surface area contributed by atoms with Crippen molar-refractivity contribution in [1.82, 2.24) is 0 Å². The van der Waals surface area contributed by atoms with Gasteiger partial charge in [0, 0.05) is 12.0 Å². The number of rotatable bonds is 4. The fraction of sp³-hybridized carbons (Fsp3) is 0.667. The third-order valence-electron chi connectivity index (χ3n) is 3.51. The lowest BCUT2D eigenvalue weighted by molar-refractivity contribution is -0.0780. The molecule has 0 amide bonds. The molecule has 1 aliphatic carbocycles. The quantitative estimate of drug-likeness (QED) is 0.704. The number of alkyl halides is 1. The minimum absolute atomic E-state index is 0.0489. The Morgan fingerprint density at radius 2 is 2.31 bits per heavy atom. The van der Waals surface area contributed by atoms with Crippen molar-refractivity contribution in [3.8, 4) is 0 Å². The zero-order valence-corrected chi connectivity index (χ0v) is 12.7. The van der Waals surface area contributed by atoms with Crippen molar-refractivity contribution in [2.75, 3.05) is 7.11 Å². The van der Waals surface area contributed by atoms with Gasteiger partial charge in [0.2, 0.25) is 0 Å². The molecule has 2 rings (SSSR count). The predicted molar refractivity (Wildman–Crippen MR) is 73.6 cm³/mol. The van der Waals surface area contributed by atoms with E-state index in [0.717, 1.165) is 23.0 Å². The molecule has 1 heterocycles. The first-order valence-corrected chi connectivity index (χ1v) is 7.56. The summed E-state index contributed by atoms with van der Waals surface area (Å²) in [6, 6.07) is 2.14. The number of methoxy groups -OCH3 is 1. The van der Waals surface area contributed by atoms with Gasteiger partial charge in [-0.05, 0) is 60.2 Å². The molecule has 0 aromatic carbocycles. The average molecular weight is 324 g/mol. The molecule has 0 bridgehead atoms. The molecule has 1 aliphatic rings. The van der Waals surface area contributed by atoms with Crippen LogP contribution in [-0.4, -0.2) is 12.7 Å². The zero-order chi connectivity index (χ0) is 11.8. The van der Waals surface area contributed by atoms with E-state index in [-0.39, 0.29) is 11.0 Å². The number of halogens is 2. The summed E-state index contributed by atoms with van der Waals surface area (Å²) in [5.74, 6) is 0. The fourth-order valence-electron chi connectivity index (χ4n) is 2.27. The largest absolute Gasteiger partial charge is 0.378 e. The Balaban J connectivity index is 2.07. The molecule has 1 atom stereocenters. The molecule has 1 saturated carbocycles. The normalized spacial score (nSPS) is 20.5. The van der Waals surface area contributed by atoms with Gasteiger partial charge in [-0.25, -0.2) is 0 Å². The van der Waals surface area contributed by atoms with Gasteiger partial charge in [0.25, 0.3) is 0 Å². The van der Waals surface area contributed by atoms with Crippen molar-refractivity contribution in [3.05, 3.63) is 20.3 Å². The Hall–Kier alpha value is 0.430. The highest BCUT2D eigenvalue weighted by Crippen LogP contribution is 2.45. The van der Waals surface area contributed by atoms with Crippen molar-refractivity contribution >= 4 is 38.9 Å². The van der Waals surface area contributed by atoms with Crippen LogP contribution in [0.5, 0.6) is 0 Å². The van der Waals surface area contributed by atoms with Crippen LogP contribution in [0.3, 0.4) is 0 Å². The van der Waals surface area contributed by atoms with E-state index in [1.54, 1.807) is 18.4 Å². The summed E-state index contributed by atoms with van der Waals surface area (Å²) in [4.78, 5) is 1.30. The molecule has 1 fully saturated rings. The molecule has 90 valence electrons. The Labute approximate surface area is 114 Å².